The third kappa shape index (κ3) is 3.26. The molecule has 0 fully saturated rings. The van der Waals surface area contributed by atoms with Gasteiger partial charge in [0.05, 0.1) is 11.0 Å². The number of carbonyl (C=O) groups is 1. The van der Waals surface area contributed by atoms with E-state index in [0.29, 0.717) is 12.1 Å². The number of carbonyl (C=O) groups excluding carboxylic acids is 1. The molecule has 0 spiro atoms. The maximum atomic E-state index is 12.3. The summed E-state index contributed by atoms with van der Waals surface area (Å²) in [6.45, 7) is 0.456. The fourth-order valence-corrected chi connectivity index (χ4v) is 2.66. The number of aromatic amines is 1. The maximum absolute atomic E-state index is 12.3. The van der Waals surface area contributed by atoms with Gasteiger partial charge in [0.15, 0.2) is 0 Å². The number of pyridine rings is 1. The lowest BCUT2D eigenvalue weighted by Crippen LogP contribution is -2.22. The molecule has 2 N–H and O–H groups in total. The third-order valence-corrected chi connectivity index (χ3v) is 3.99. The van der Waals surface area contributed by atoms with Crippen LogP contribution in [0.3, 0.4) is 0 Å². The van der Waals surface area contributed by atoms with Gasteiger partial charge in [0.1, 0.15) is 5.82 Å². The number of H-pyrrole nitrogens is 1. The van der Waals surface area contributed by atoms with Gasteiger partial charge in [-0.05, 0) is 35.9 Å². The number of hydrogen-bond donors (Lipinski definition) is 2. The Labute approximate surface area is 144 Å². The fourth-order valence-electron chi connectivity index (χ4n) is 2.66. The molecule has 5 heteroatoms. The highest BCUT2D eigenvalue weighted by molar-refractivity contribution is 5.94. The summed E-state index contributed by atoms with van der Waals surface area (Å²) in [6, 6.07) is 19.1. The van der Waals surface area contributed by atoms with Crippen LogP contribution in [-0.2, 0) is 6.54 Å². The second-order valence-corrected chi connectivity index (χ2v) is 5.72. The van der Waals surface area contributed by atoms with Crippen molar-refractivity contribution in [2.24, 2.45) is 0 Å². The first-order valence-corrected chi connectivity index (χ1v) is 8.02. The van der Waals surface area contributed by atoms with Gasteiger partial charge >= 0.3 is 0 Å². The molecule has 0 saturated carbocycles. The van der Waals surface area contributed by atoms with Crippen molar-refractivity contribution in [2.75, 3.05) is 0 Å². The second kappa shape index (κ2) is 6.57. The number of amides is 1. The summed E-state index contributed by atoms with van der Waals surface area (Å²) in [5.41, 5.74) is 4.45. The Hall–Kier alpha value is -3.47. The molecule has 0 saturated heterocycles. The van der Waals surface area contributed by atoms with Gasteiger partial charge in [-0.25, -0.2) is 4.98 Å². The zero-order chi connectivity index (χ0) is 17.1. The summed E-state index contributed by atoms with van der Waals surface area (Å²) in [4.78, 5) is 24.1. The smallest absolute Gasteiger partial charge is 0.251 e. The summed E-state index contributed by atoms with van der Waals surface area (Å²) in [6.07, 6.45) is 3.45. The molecule has 25 heavy (non-hydrogen) atoms. The van der Waals surface area contributed by atoms with E-state index in [1.165, 1.54) is 0 Å². The number of nitrogens with one attached hydrogen (secondary N) is 2. The molecule has 0 radical (unpaired) electrons. The quantitative estimate of drug-likeness (QED) is 0.602. The Morgan fingerprint density at radius 2 is 1.84 bits per heavy atom. The van der Waals surface area contributed by atoms with Crippen molar-refractivity contribution in [3.05, 3.63) is 84.2 Å². The van der Waals surface area contributed by atoms with E-state index in [4.69, 9.17) is 0 Å². The summed E-state index contributed by atoms with van der Waals surface area (Å²) in [5, 5.41) is 2.89. The normalized spacial score (nSPS) is 10.7. The molecule has 4 rings (SSSR count). The standard InChI is InChI=1S/C20H16N4O/c25-20(22-13-14-4-3-11-21-12-14)16-9-7-15(8-10-16)19-23-17-5-1-2-6-18(17)24-19/h1-12H,13H2,(H,22,25)(H,23,24). The predicted octanol–water partition coefficient (Wildman–Crippen LogP) is 3.55. The van der Waals surface area contributed by atoms with Crippen molar-refractivity contribution in [1.29, 1.82) is 0 Å². The highest BCUT2D eigenvalue weighted by Gasteiger charge is 2.08. The van der Waals surface area contributed by atoms with Crippen LogP contribution in [0.15, 0.2) is 73.1 Å². The minimum absolute atomic E-state index is 0.111. The lowest BCUT2D eigenvalue weighted by Gasteiger charge is -2.05. The molecule has 0 atom stereocenters. The van der Waals surface area contributed by atoms with E-state index >= 15 is 0 Å². The van der Waals surface area contributed by atoms with Crippen molar-refractivity contribution in [3.8, 4) is 11.4 Å². The van der Waals surface area contributed by atoms with Crippen molar-refractivity contribution < 1.29 is 4.79 Å². The number of hydrogen-bond acceptors (Lipinski definition) is 3. The summed E-state index contributed by atoms with van der Waals surface area (Å²) >= 11 is 0. The predicted molar refractivity (Wildman–Crippen MR) is 96.9 cm³/mol. The van der Waals surface area contributed by atoms with Gasteiger partial charge in [-0.1, -0.05) is 30.3 Å². The van der Waals surface area contributed by atoms with Gasteiger partial charge in [-0.15, -0.1) is 0 Å². The molecule has 5 nitrogen and oxygen atoms in total. The van der Waals surface area contributed by atoms with E-state index in [9.17, 15) is 4.79 Å². The van der Waals surface area contributed by atoms with Crippen LogP contribution in [0.4, 0.5) is 0 Å². The largest absolute Gasteiger partial charge is 0.348 e. The molecule has 2 heterocycles. The first kappa shape index (κ1) is 15.1. The van der Waals surface area contributed by atoms with Crippen LogP contribution in [0.5, 0.6) is 0 Å². The van der Waals surface area contributed by atoms with E-state index < -0.39 is 0 Å². The molecule has 2 aromatic heterocycles. The van der Waals surface area contributed by atoms with Gasteiger partial charge < -0.3 is 10.3 Å². The van der Waals surface area contributed by atoms with Gasteiger partial charge in [-0.3, -0.25) is 9.78 Å². The molecule has 2 aromatic carbocycles. The lowest BCUT2D eigenvalue weighted by atomic mass is 10.1. The molecule has 122 valence electrons. The number of benzene rings is 2. The number of fused-ring (bicyclic) bond motifs is 1. The van der Waals surface area contributed by atoms with E-state index in [1.54, 1.807) is 24.5 Å². The Balaban J connectivity index is 1.48. The van der Waals surface area contributed by atoms with Gasteiger partial charge in [0, 0.05) is 30.1 Å². The average Bonchev–Trinajstić information content (AvgIpc) is 3.11. The van der Waals surface area contributed by atoms with Crippen LogP contribution in [0.2, 0.25) is 0 Å². The number of aromatic nitrogens is 3. The second-order valence-electron chi connectivity index (χ2n) is 5.72. The van der Waals surface area contributed by atoms with Crippen LogP contribution in [0, 0.1) is 0 Å². The van der Waals surface area contributed by atoms with E-state index in [2.05, 4.69) is 20.3 Å². The van der Waals surface area contributed by atoms with Gasteiger partial charge in [-0.2, -0.15) is 0 Å². The SMILES string of the molecule is O=C(NCc1cccnc1)c1ccc(-c2nc3ccccc3[nH]2)cc1. The maximum Gasteiger partial charge on any atom is 0.251 e. The summed E-state index contributed by atoms with van der Waals surface area (Å²) in [7, 11) is 0. The molecule has 0 bridgehead atoms. The van der Waals surface area contributed by atoms with Crippen molar-refractivity contribution in [1.82, 2.24) is 20.3 Å². The highest BCUT2D eigenvalue weighted by atomic mass is 16.1. The Kier molecular flexibility index (Phi) is 3.96. The molecule has 0 aliphatic carbocycles. The van der Waals surface area contributed by atoms with Crippen LogP contribution in [0.25, 0.3) is 22.4 Å². The molecule has 4 aromatic rings. The van der Waals surface area contributed by atoms with Crippen LogP contribution in [-0.4, -0.2) is 20.9 Å². The molecule has 0 unspecified atom stereocenters. The monoisotopic (exact) mass is 328 g/mol. The fraction of sp³-hybridized carbons (Fsp3) is 0.0500. The Morgan fingerprint density at radius 1 is 1.00 bits per heavy atom. The van der Waals surface area contributed by atoms with Crippen LogP contribution >= 0.6 is 0 Å². The van der Waals surface area contributed by atoms with Crippen LogP contribution in [0.1, 0.15) is 15.9 Å². The highest BCUT2D eigenvalue weighted by Crippen LogP contribution is 2.20. The van der Waals surface area contributed by atoms with E-state index in [0.717, 1.165) is 28.0 Å². The molecule has 1 amide bonds. The molecular weight excluding hydrogens is 312 g/mol. The average molecular weight is 328 g/mol. The van der Waals surface area contributed by atoms with E-state index in [1.807, 2.05) is 48.5 Å². The topological polar surface area (TPSA) is 70.7 Å². The third-order valence-electron chi connectivity index (χ3n) is 3.99. The number of para-hydroxylation sites is 2. The van der Waals surface area contributed by atoms with Gasteiger partial charge in [0.25, 0.3) is 5.91 Å². The van der Waals surface area contributed by atoms with Crippen molar-refractivity contribution >= 4 is 16.9 Å². The number of nitrogens with zero attached hydrogens (tertiary/aromatic N) is 2. The molecule has 0 aliphatic heterocycles. The summed E-state index contributed by atoms with van der Waals surface area (Å²) in [5.74, 6) is 0.684. The first-order valence-electron chi connectivity index (χ1n) is 8.02. The van der Waals surface area contributed by atoms with Crippen LogP contribution < -0.4 is 5.32 Å². The zero-order valence-corrected chi connectivity index (χ0v) is 13.4. The first-order chi connectivity index (χ1) is 12.3. The molecule has 0 aliphatic rings. The Bertz CT molecular complexity index is 974. The van der Waals surface area contributed by atoms with Gasteiger partial charge in [0.2, 0.25) is 0 Å². The van der Waals surface area contributed by atoms with Crippen molar-refractivity contribution in [2.45, 2.75) is 6.54 Å². The number of imidazole rings is 1. The van der Waals surface area contributed by atoms with E-state index in [-0.39, 0.29) is 5.91 Å². The molecular formula is C20H16N4O. The Morgan fingerprint density at radius 3 is 2.60 bits per heavy atom. The minimum atomic E-state index is -0.111. The van der Waals surface area contributed by atoms with Crippen molar-refractivity contribution in [3.63, 3.8) is 0 Å². The number of rotatable bonds is 4. The minimum Gasteiger partial charge on any atom is -0.348 e. The zero-order valence-electron chi connectivity index (χ0n) is 13.4. The summed E-state index contributed by atoms with van der Waals surface area (Å²) < 4.78 is 0. The lowest BCUT2D eigenvalue weighted by molar-refractivity contribution is 0.0951.